The van der Waals surface area contributed by atoms with E-state index in [1.807, 2.05) is 6.92 Å². The van der Waals surface area contributed by atoms with Gasteiger partial charge in [-0.1, -0.05) is 30.3 Å². The Morgan fingerprint density at radius 2 is 2.00 bits per heavy atom. The van der Waals surface area contributed by atoms with Gasteiger partial charge in [0.2, 0.25) is 0 Å². The molecule has 1 atom stereocenters. The van der Waals surface area contributed by atoms with E-state index in [1.165, 1.54) is 25.1 Å². The summed E-state index contributed by atoms with van der Waals surface area (Å²) in [6.07, 6.45) is 4.61. The van der Waals surface area contributed by atoms with Crippen LogP contribution in [0.5, 0.6) is 0 Å². The summed E-state index contributed by atoms with van der Waals surface area (Å²) in [6, 6.07) is 10.8. The average molecular weight is 502 g/mol. The van der Waals surface area contributed by atoms with Gasteiger partial charge in [-0.05, 0) is 57.6 Å². The van der Waals surface area contributed by atoms with Crippen molar-refractivity contribution >= 4 is 29.9 Å². The molecule has 0 radical (unpaired) electrons. The maximum absolute atomic E-state index is 5.38. The molecule has 2 rings (SSSR count). The van der Waals surface area contributed by atoms with Gasteiger partial charge in [0.25, 0.3) is 0 Å². The number of likely N-dealkylation sites (tertiary alicyclic amines) is 1. The number of guanidine groups is 1. The Labute approximate surface area is 188 Å². The van der Waals surface area contributed by atoms with Crippen molar-refractivity contribution in [3.8, 4) is 0 Å². The lowest BCUT2D eigenvalue weighted by Crippen LogP contribution is -2.38. The quantitative estimate of drug-likeness (QED) is 0.199. The second-order valence-electron chi connectivity index (χ2n) is 7.24. The number of nitrogens with one attached hydrogen (secondary N) is 2. The molecule has 1 unspecified atom stereocenters. The minimum atomic E-state index is 0. The number of unbranched alkanes of at least 4 members (excludes halogenated alkanes) is 1. The molecule has 0 amide bonds. The zero-order valence-electron chi connectivity index (χ0n) is 17.7. The van der Waals surface area contributed by atoms with Crippen molar-refractivity contribution in [1.29, 1.82) is 0 Å². The van der Waals surface area contributed by atoms with E-state index >= 15 is 0 Å². The van der Waals surface area contributed by atoms with Crippen LogP contribution in [-0.2, 0) is 11.2 Å². The molecular weight excluding hydrogens is 463 g/mol. The smallest absolute Gasteiger partial charge is 0.191 e. The summed E-state index contributed by atoms with van der Waals surface area (Å²) >= 11 is 0. The van der Waals surface area contributed by atoms with Crippen molar-refractivity contribution in [2.75, 3.05) is 52.5 Å². The second kappa shape index (κ2) is 16.0. The number of halogens is 1. The Kier molecular flexibility index (Phi) is 14.4. The average Bonchev–Trinajstić information content (AvgIpc) is 3.16. The van der Waals surface area contributed by atoms with E-state index < -0.39 is 0 Å². The highest BCUT2D eigenvalue weighted by atomic mass is 127. The number of ether oxygens (including phenoxy) is 1. The monoisotopic (exact) mass is 502 g/mol. The lowest BCUT2D eigenvalue weighted by atomic mass is 10.1. The third kappa shape index (κ3) is 10.6. The molecule has 1 aromatic carbocycles. The van der Waals surface area contributed by atoms with Crippen molar-refractivity contribution < 1.29 is 4.74 Å². The molecule has 0 bridgehead atoms. The largest absolute Gasteiger partial charge is 0.382 e. The van der Waals surface area contributed by atoms with Crippen LogP contribution in [0.15, 0.2) is 35.3 Å². The first-order chi connectivity index (χ1) is 13.3. The molecule has 2 N–H and O–H groups in total. The molecule has 0 saturated carbocycles. The van der Waals surface area contributed by atoms with Crippen LogP contribution in [0.25, 0.3) is 0 Å². The molecule has 1 fully saturated rings. The van der Waals surface area contributed by atoms with Gasteiger partial charge in [-0.2, -0.15) is 0 Å². The summed E-state index contributed by atoms with van der Waals surface area (Å²) in [5, 5.41) is 6.81. The normalized spacial score (nSPS) is 17.4. The van der Waals surface area contributed by atoms with Crippen LogP contribution in [0, 0.1) is 5.92 Å². The van der Waals surface area contributed by atoms with Gasteiger partial charge in [0, 0.05) is 45.9 Å². The minimum absolute atomic E-state index is 0. The first-order valence-corrected chi connectivity index (χ1v) is 10.7. The van der Waals surface area contributed by atoms with Crippen LogP contribution in [0.4, 0.5) is 0 Å². The molecule has 28 heavy (non-hydrogen) atoms. The highest BCUT2D eigenvalue weighted by molar-refractivity contribution is 14.0. The number of hydrogen-bond acceptors (Lipinski definition) is 3. The molecule has 1 aliphatic heterocycles. The summed E-state index contributed by atoms with van der Waals surface area (Å²) in [7, 11) is 0. The lowest BCUT2D eigenvalue weighted by Gasteiger charge is -2.16. The van der Waals surface area contributed by atoms with Crippen LogP contribution >= 0.6 is 24.0 Å². The summed E-state index contributed by atoms with van der Waals surface area (Å²) in [4.78, 5) is 7.40. The second-order valence-corrected chi connectivity index (χ2v) is 7.24. The third-order valence-electron chi connectivity index (χ3n) is 4.99. The first kappa shape index (κ1) is 25.2. The van der Waals surface area contributed by atoms with E-state index in [1.54, 1.807) is 0 Å². The number of hydrogen-bond donors (Lipinski definition) is 2. The number of benzene rings is 1. The molecule has 1 saturated heterocycles. The van der Waals surface area contributed by atoms with Gasteiger partial charge < -0.3 is 20.3 Å². The zero-order valence-corrected chi connectivity index (χ0v) is 20.0. The highest BCUT2D eigenvalue weighted by Gasteiger charge is 2.21. The fourth-order valence-corrected chi connectivity index (χ4v) is 3.44. The number of rotatable bonds is 12. The Hall–Kier alpha value is -0.860. The maximum Gasteiger partial charge on any atom is 0.191 e. The molecule has 160 valence electrons. The predicted molar refractivity (Wildman–Crippen MR) is 130 cm³/mol. The van der Waals surface area contributed by atoms with Crippen LogP contribution in [0.2, 0.25) is 0 Å². The molecule has 0 spiro atoms. The summed E-state index contributed by atoms with van der Waals surface area (Å²) in [6.45, 7) is 12.1. The van der Waals surface area contributed by atoms with E-state index in [0.29, 0.717) is 5.92 Å². The first-order valence-electron chi connectivity index (χ1n) is 10.7. The van der Waals surface area contributed by atoms with Gasteiger partial charge in [0.1, 0.15) is 0 Å². The Balaban J connectivity index is 0.00000392. The van der Waals surface area contributed by atoms with Crippen LogP contribution < -0.4 is 10.6 Å². The van der Waals surface area contributed by atoms with Crippen LogP contribution in [0.1, 0.15) is 38.7 Å². The number of aliphatic imine (C=N–C) groups is 1. The fraction of sp³-hybridized carbons (Fsp3) is 0.682. The lowest BCUT2D eigenvalue weighted by molar-refractivity contribution is 0.143. The fourth-order valence-electron chi connectivity index (χ4n) is 3.44. The Morgan fingerprint density at radius 3 is 2.75 bits per heavy atom. The molecule has 1 aliphatic rings. The van der Waals surface area contributed by atoms with Crippen molar-refractivity contribution in [3.05, 3.63) is 35.9 Å². The third-order valence-corrected chi connectivity index (χ3v) is 4.99. The van der Waals surface area contributed by atoms with E-state index in [-0.39, 0.29) is 24.0 Å². The van der Waals surface area contributed by atoms with Crippen LogP contribution in [-0.4, -0.2) is 63.3 Å². The number of nitrogens with zero attached hydrogens (tertiary/aromatic N) is 2. The summed E-state index contributed by atoms with van der Waals surface area (Å²) in [5.74, 6) is 1.63. The van der Waals surface area contributed by atoms with Gasteiger partial charge in [0.05, 0.1) is 0 Å². The highest BCUT2D eigenvalue weighted by Crippen LogP contribution is 2.17. The molecule has 1 aromatic rings. The zero-order chi connectivity index (χ0) is 19.2. The molecule has 0 aromatic heterocycles. The SMILES string of the molecule is CCNC(=NCC1CCN(CCc2ccccc2)C1)NCCCCOCC.I. The molecular formula is C22H39IN4O. The summed E-state index contributed by atoms with van der Waals surface area (Å²) in [5.41, 5.74) is 1.43. The van der Waals surface area contributed by atoms with Gasteiger partial charge in [-0.25, -0.2) is 0 Å². The molecule has 1 heterocycles. The van der Waals surface area contributed by atoms with Gasteiger partial charge in [-0.15, -0.1) is 24.0 Å². The van der Waals surface area contributed by atoms with Crippen molar-refractivity contribution in [2.24, 2.45) is 10.9 Å². The van der Waals surface area contributed by atoms with Gasteiger partial charge in [0.15, 0.2) is 5.96 Å². The van der Waals surface area contributed by atoms with Crippen molar-refractivity contribution in [2.45, 2.75) is 39.5 Å². The Bertz CT molecular complexity index is 527. The van der Waals surface area contributed by atoms with E-state index in [0.717, 1.165) is 64.6 Å². The van der Waals surface area contributed by atoms with Gasteiger partial charge in [-0.3, -0.25) is 4.99 Å². The van der Waals surface area contributed by atoms with Crippen molar-refractivity contribution in [3.63, 3.8) is 0 Å². The topological polar surface area (TPSA) is 48.9 Å². The van der Waals surface area contributed by atoms with E-state index in [2.05, 4.69) is 52.8 Å². The Morgan fingerprint density at radius 1 is 1.18 bits per heavy atom. The van der Waals surface area contributed by atoms with Crippen LogP contribution in [0.3, 0.4) is 0 Å². The van der Waals surface area contributed by atoms with Gasteiger partial charge >= 0.3 is 0 Å². The standard InChI is InChI=1S/C22H38N4O.HI/c1-3-23-22(24-14-8-9-17-27-4-2)25-18-21-13-16-26(19-21)15-12-20-10-6-5-7-11-20;/h5-7,10-11,21H,3-4,8-9,12-19H2,1-2H3,(H2,23,24,25);1H. The van der Waals surface area contributed by atoms with Crippen molar-refractivity contribution in [1.82, 2.24) is 15.5 Å². The molecule has 5 nitrogen and oxygen atoms in total. The van der Waals surface area contributed by atoms with E-state index in [9.17, 15) is 0 Å². The maximum atomic E-state index is 5.38. The summed E-state index contributed by atoms with van der Waals surface area (Å²) < 4.78 is 5.38. The molecule has 6 heteroatoms. The molecule has 0 aliphatic carbocycles. The van der Waals surface area contributed by atoms with E-state index in [4.69, 9.17) is 9.73 Å². The minimum Gasteiger partial charge on any atom is -0.382 e. The predicted octanol–water partition coefficient (Wildman–Crippen LogP) is 3.54.